The van der Waals surface area contributed by atoms with Crippen LogP contribution in [0.5, 0.6) is 0 Å². The van der Waals surface area contributed by atoms with Gasteiger partial charge in [-0.05, 0) is 37.1 Å². The van der Waals surface area contributed by atoms with E-state index in [0.717, 1.165) is 25.1 Å². The molecular weight excluding hydrogens is 176 g/mol. The minimum Gasteiger partial charge on any atom is -0.396 e. The van der Waals surface area contributed by atoms with E-state index < -0.39 is 0 Å². The highest BCUT2D eigenvalue weighted by Gasteiger charge is 1.92. The van der Waals surface area contributed by atoms with Gasteiger partial charge >= 0.3 is 0 Å². The molecule has 0 saturated heterocycles. The number of nitriles is 1. The average Bonchev–Trinajstić information content (AvgIpc) is 2.25. The molecule has 0 amide bonds. The topological polar surface area (TPSA) is 56.0 Å². The van der Waals surface area contributed by atoms with Crippen molar-refractivity contribution in [2.75, 3.05) is 18.5 Å². The van der Waals surface area contributed by atoms with Gasteiger partial charge in [-0.3, -0.25) is 0 Å². The minimum atomic E-state index is 0.245. The van der Waals surface area contributed by atoms with Crippen LogP contribution in [0.2, 0.25) is 0 Å². The first kappa shape index (κ1) is 10.6. The Balaban J connectivity index is 2.33. The predicted octanol–water partition coefficient (Wildman–Crippen LogP) is 1.74. The molecule has 1 aromatic carbocycles. The van der Waals surface area contributed by atoms with Crippen molar-refractivity contribution in [1.82, 2.24) is 0 Å². The van der Waals surface area contributed by atoms with Crippen LogP contribution in [0, 0.1) is 11.3 Å². The number of hydrogen-bond acceptors (Lipinski definition) is 3. The van der Waals surface area contributed by atoms with Gasteiger partial charge in [0.2, 0.25) is 0 Å². The number of hydrogen-bond donors (Lipinski definition) is 2. The zero-order valence-electron chi connectivity index (χ0n) is 8.03. The second-order valence-electron chi connectivity index (χ2n) is 3.05. The second-order valence-corrected chi connectivity index (χ2v) is 3.05. The molecule has 0 radical (unpaired) electrons. The van der Waals surface area contributed by atoms with Crippen molar-refractivity contribution in [2.24, 2.45) is 0 Å². The van der Waals surface area contributed by atoms with Gasteiger partial charge in [0.25, 0.3) is 0 Å². The van der Waals surface area contributed by atoms with E-state index in [1.807, 2.05) is 12.1 Å². The third kappa shape index (κ3) is 3.46. The Kier molecular flexibility index (Phi) is 4.53. The predicted molar refractivity (Wildman–Crippen MR) is 56.0 cm³/mol. The fourth-order valence-electron chi connectivity index (χ4n) is 1.13. The van der Waals surface area contributed by atoms with Crippen molar-refractivity contribution >= 4 is 5.69 Å². The van der Waals surface area contributed by atoms with Crippen LogP contribution in [-0.2, 0) is 0 Å². The Labute approximate surface area is 84.0 Å². The van der Waals surface area contributed by atoms with Crippen molar-refractivity contribution in [3.05, 3.63) is 29.8 Å². The molecule has 0 saturated carbocycles. The lowest BCUT2D eigenvalue weighted by Gasteiger charge is -2.04. The zero-order valence-corrected chi connectivity index (χ0v) is 8.03. The first-order valence-corrected chi connectivity index (χ1v) is 4.71. The summed E-state index contributed by atoms with van der Waals surface area (Å²) in [5, 5.41) is 20.4. The first-order valence-electron chi connectivity index (χ1n) is 4.71. The van der Waals surface area contributed by atoms with Gasteiger partial charge < -0.3 is 10.4 Å². The molecule has 0 aromatic heterocycles. The number of aliphatic hydroxyl groups excluding tert-OH is 1. The highest BCUT2D eigenvalue weighted by atomic mass is 16.2. The van der Waals surface area contributed by atoms with E-state index in [4.69, 9.17) is 10.4 Å². The summed E-state index contributed by atoms with van der Waals surface area (Å²) >= 11 is 0. The fraction of sp³-hybridized carbons (Fsp3) is 0.364. The minimum absolute atomic E-state index is 0.245. The molecule has 0 heterocycles. The van der Waals surface area contributed by atoms with Crippen LogP contribution in [0.15, 0.2) is 24.3 Å². The van der Waals surface area contributed by atoms with Gasteiger partial charge in [0.15, 0.2) is 0 Å². The Morgan fingerprint density at radius 1 is 1.21 bits per heavy atom. The highest BCUT2D eigenvalue weighted by molar-refractivity contribution is 5.46. The average molecular weight is 190 g/mol. The molecule has 0 aliphatic rings. The van der Waals surface area contributed by atoms with Crippen molar-refractivity contribution in [3.63, 3.8) is 0 Å². The zero-order chi connectivity index (χ0) is 10.2. The molecule has 74 valence electrons. The van der Waals surface area contributed by atoms with Crippen LogP contribution in [0.25, 0.3) is 0 Å². The smallest absolute Gasteiger partial charge is 0.0991 e. The summed E-state index contributed by atoms with van der Waals surface area (Å²) in [5.41, 5.74) is 1.69. The van der Waals surface area contributed by atoms with Gasteiger partial charge in [-0.1, -0.05) is 0 Å². The van der Waals surface area contributed by atoms with E-state index in [1.54, 1.807) is 12.1 Å². The van der Waals surface area contributed by atoms with Crippen molar-refractivity contribution < 1.29 is 5.11 Å². The van der Waals surface area contributed by atoms with Crippen LogP contribution in [0.4, 0.5) is 5.69 Å². The maximum absolute atomic E-state index is 8.58. The SMILES string of the molecule is N#Cc1ccc(NCCCCO)cc1. The van der Waals surface area contributed by atoms with Crippen molar-refractivity contribution in [1.29, 1.82) is 5.26 Å². The lowest BCUT2D eigenvalue weighted by Crippen LogP contribution is -2.01. The Morgan fingerprint density at radius 3 is 2.50 bits per heavy atom. The summed E-state index contributed by atoms with van der Waals surface area (Å²) in [7, 11) is 0. The third-order valence-electron chi connectivity index (χ3n) is 1.93. The molecule has 0 aliphatic heterocycles. The van der Waals surface area contributed by atoms with Crippen molar-refractivity contribution in [2.45, 2.75) is 12.8 Å². The Morgan fingerprint density at radius 2 is 1.93 bits per heavy atom. The second kappa shape index (κ2) is 6.01. The molecule has 1 aromatic rings. The molecule has 0 aliphatic carbocycles. The van der Waals surface area contributed by atoms with Gasteiger partial charge in [-0.15, -0.1) is 0 Å². The first-order chi connectivity index (χ1) is 6.86. The van der Waals surface area contributed by atoms with Crippen LogP contribution in [-0.4, -0.2) is 18.3 Å². The maximum Gasteiger partial charge on any atom is 0.0991 e. The van der Waals surface area contributed by atoms with Crippen LogP contribution < -0.4 is 5.32 Å². The maximum atomic E-state index is 8.58. The molecule has 1 rings (SSSR count). The Bertz CT molecular complexity index is 300. The number of unbranched alkanes of at least 4 members (excludes halogenated alkanes) is 1. The molecule has 2 N–H and O–H groups in total. The monoisotopic (exact) mass is 190 g/mol. The number of aliphatic hydroxyl groups is 1. The quantitative estimate of drug-likeness (QED) is 0.695. The van der Waals surface area contributed by atoms with E-state index in [1.165, 1.54) is 0 Å². The normalized spacial score (nSPS) is 9.43. The summed E-state index contributed by atoms with van der Waals surface area (Å²) in [4.78, 5) is 0. The summed E-state index contributed by atoms with van der Waals surface area (Å²) in [6.07, 6.45) is 1.78. The van der Waals surface area contributed by atoms with Gasteiger partial charge in [-0.2, -0.15) is 5.26 Å². The van der Waals surface area contributed by atoms with Crippen LogP contribution in [0.1, 0.15) is 18.4 Å². The molecule has 0 atom stereocenters. The highest BCUT2D eigenvalue weighted by Crippen LogP contribution is 2.08. The Hall–Kier alpha value is -1.53. The van der Waals surface area contributed by atoms with Crippen LogP contribution in [0.3, 0.4) is 0 Å². The number of nitrogens with zero attached hydrogens (tertiary/aromatic N) is 1. The molecule has 0 unspecified atom stereocenters. The lowest BCUT2D eigenvalue weighted by molar-refractivity contribution is 0.286. The largest absolute Gasteiger partial charge is 0.396 e. The summed E-state index contributed by atoms with van der Waals surface area (Å²) in [6.45, 7) is 1.10. The van der Waals surface area contributed by atoms with E-state index in [0.29, 0.717) is 5.56 Å². The number of benzene rings is 1. The fourth-order valence-corrected chi connectivity index (χ4v) is 1.13. The molecule has 14 heavy (non-hydrogen) atoms. The summed E-state index contributed by atoms with van der Waals surface area (Å²) < 4.78 is 0. The van der Waals surface area contributed by atoms with E-state index in [9.17, 15) is 0 Å². The number of anilines is 1. The standard InChI is InChI=1S/C11H14N2O/c12-9-10-3-5-11(6-4-10)13-7-1-2-8-14/h3-6,13-14H,1-2,7-8H2. The van der Waals surface area contributed by atoms with E-state index in [2.05, 4.69) is 11.4 Å². The lowest BCUT2D eigenvalue weighted by atomic mass is 10.2. The number of nitrogens with one attached hydrogen (secondary N) is 1. The number of rotatable bonds is 5. The van der Waals surface area contributed by atoms with E-state index in [-0.39, 0.29) is 6.61 Å². The summed E-state index contributed by atoms with van der Waals surface area (Å²) in [6, 6.07) is 9.41. The molecule has 0 fully saturated rings. The molecular formula is C11H14N2O. The molecule has 0 spiro atoms. The van der Waals surface area contributed by atoms with Gasteiger partial charge in [0, 0.05) is 18.8 Å². The van der Waals surface area contributed by atoms with Crippen molar-refractivity contribution in [3.8, 4) is 6.07 Å². The van der Waals surface area contributed by atoms with Gasteiger partial charge in [0.1, 0.15) is 0 Å². The van der Waals surface area contributed by atoms with Gasteiger partial charge in [0.05, 0.1) is 11.6 Å². The molecule has 3 nitrogen and oxygen atoms in total. The summed E-state index contributed by atoms with van der Waals surface area (Å²) in [5.74, 6) is 0. The molecule has 3 heteroatoms. The molecule has 0 bridgehead atoms. The third-order valence-corrected chi connectivity index (χ3v) is 1.93. The van der Waals surface area contributed by atoms with E-state index >= 15 is 0 Å². The van der Waals surface area contributed by atoms with Crippen LogP contribution >= 0.6 is 0 Å². The van der Waals surface area contributed by atoms with Gasteiger partial charge in [-0.25, -0.2) is 0 Å².